The molecule has 4 aliphatic heterocycles. The van der Waals surface area contributed by atoms with E-state index in [1.807, 2.05) is 0 Å². The van der Waals surface area contributed by atoms with Gasteiger partial charge >= 0.3 is 0 Å². The fraction of sp³-hybridized carbons (Fsp3) is 1.00. The quantitative estimate of drug-likeness (QED) is 0.358. The largest absolute Gasteiger partial charge is 0.142 e. The van der Waals surface area contributed by atoms with Gasteiger partial charge in [0.15, 0.2) is 0 Å². The van der Waals surface area contributed by atoms with Crippen molar-refractivity contribution in [1.82, 2.24) is 0 Å². The first-order valence-electron chi connectivity index (χ1n) is 13.7. The van der Waals surface area contributed by atoms with Gasteiger partial charge in [-0.1, -0.05) is 157 Å². The second-order valence-electron chi connectivity index (χ2n) is 11.7. The normalized spacial score (nSPS) is 34.4. The molecule has 28 heavy (non-hydrogen) atoms. The van der Waals surface area contributed by atoms with Crippen LogP contribution in [0.5, 0.6) is 0 Å². The van der Waals surface area contributed by atoms with Crippen molar-refractivity contribution in [3.8, 4) is 0 Å². The summed E-state index contributed by atoms with van der Waals surface area (Å²) in [5, 5.41) is 0. The number of hydrogen-bond acceptors (Lipinski definition) is 0. The first-order chi connectivity index (χ1) is 13.7. The molecule has 0 nitrogen and oxygen atoms in total. The van der Waals surface area contributed by atoms with Crippen molar-refractivity contribution >= 4 is 21.5 Å². The smallest absolute Gasteiger partial charge is 0.0822 e. The lowest BCUT2D eigenvalue weighted by atomic mass is 9.07. The molecule has 0 spiro atoms. The molecule has 4 aliphatic rings. The minimum atomic E-state index is -0.980. The Bertz CT molecular complexity index is 407. The Kier molecular flexibility index (Phi) is 7.44. The third-order valence-electron chi connectivity index (χ3n) is 11.0. The van der Waals surface area contributed by atoms with Crippen LogP contribution in [0.1, 0.15) is 104 Å². The van der Waals surface area contributed by atoms with E-state index in [0.29, 0.717) is 0 Å². The molecule has 0 aromatic heterocycles. The number of hydrogen-bond donors (Lipinski definition) is 0. The zero-order chi connectivity index (χ0) is 19.6. The van der Waals surface area contributed by atoms with Crippen LogP contribution in [-0.4, -0.2) is 21.5 Å². The van der Waals surface area contributed by atoms with Crippen LogP contribution in [0.2, 0.25) is 53.2 Å². The standard InChI is InChI=1S/C25H48B2Si/c1-4-28(5-2,6-3)20-19-25(26-21-11-7-12-22(26)14-8-13-21)27-23-15-9-16-24(27)18-10-17-23/h21-25H,4-20H2,1-3H3. The molecule has 0 aromatic carbocycles. The molecule has 0 aliphatic carbocycles. The second-order valence-corrected chi connectivity index (χ2v) is 17.3. The van der Waals surface area contributed by atoms with Crippen LogP contribution in [-0.2, 0) is 0 Å². The first kappa shape index (κ1) is 21.6. The van der Waals surface area contributed by atoms with Gasteiger partial charge in [-0.25, -0.2) is 0 Å². The van der Waals surface area contributed by atoms with Gasteiger partial charge in [0.2, 0.25) is 0 Å². The molecule has 3 heteroatoms. The molecule has 0 radical (unpaired) electrons. The summed E-state index contributed by atoms with van der Waals surface area (Å²) in [6.45, 7) is 9.91. The monoisotopic (exact) mass is 398 g/mol. The van der Waals surface area contributed by atoms with E-state index in [-0.39, 0.29) is 0 Å². The lowest BCUT2D eigenvalue weighted by Crippen LogP contribution is -2.50. The summed E-state index contributed by atoms with van der Waals surface area (Å²) < 4.78 is 0. The molecule has 0 unspecified atom stereocenters. The van der Waals surface area contributed by atoms with Crippen LogP contribution in [0.4, 0.5) is 0 Å². The fourth-order valence-corrected chi connectivity index (χ4v) is 12.8. The zero-order valence-electron chi connectivity index (χ0n) is 19.6. The Balaban J connectivity index is 1.59. The van der Waals surface area contributed by atoms with Crippen molar-refractivity contribution in [1.29, 1.82) is 0 Å². The Morgan fingerprint density at radius 1 is 0.607 bits per heavy atom. The third-order valence-corrected chi connectivity index (χ3v) is 16.9. The molecule has 0 saturated carbocycles. The summed E-state index contributed by atoms with van der Waals surface area (Å²) in [6.07, 6.45) is 20.7. The molecule has 4 fully saturated rings. The number of rotatable bonds is 8. The minimum absolute atomic E-state index is 0.980. The molecule has 4 rings (SSSR count). The maximum absolute atomic E-state index is 2.54. The van der Waals surface area contributed by atoms with Crippen LogP contribution >= 0.6 is 0 Å². The average molecular weight is 398 g/mol. The van der Waals surface area contributed by atoms with Crippen molar-refractivity contribution in [2.24, 2.45) is 0 Å². The molecule has 0 N–H and O–H groups in total. The predicted octanol–water partition coefficient (Wildman–Crippen LogP) is 9.00. The highest BCUT2D eigenvalue weighted by Crippen LogP contribution is 2.58. The SMILES string of the molecule is CC[Si](CC)(CC)CCC(B1C2CCCC1CCC2)B1C2CCCC1CCC2. The molecule has 0 amide bonds. The number of fused-ring (bicyclic) bond motifs is 4. The van der Waals surface area contributed by atoms with Crippen LogP contribution in [0.25, 0.3) is 0 Å². The van der Waals surface area contributed by atoms with E-state index in [4.69, 9.17) is 0 Å². The van der Waals surface area contributed by atoms with Gasteiger partial charge in [-0.2, -0.15) is 0 Å². The van der Waals surface area contributed by atoms with Crippen molar-refractivity contribution in [2.75, 3.05) is 0 Å². The summed E-state index contributed by atoms with van der Waals surface area (Å²) >= 11 is 0. The summed E-state index contributed by atoms with van der Waals surface area (Å²) in [7, 11) is -0.980. The summed E-state index contributed by atoms with van der Waals surface area (Å²) in [5.74, 6) is 4.50. The van der Waals surface area contributed by atoms with Gasteiger partial charge in [0.25, 0.3) is 0 Å². The highest BCUT2D eigenvalue weighted by Gasteiger charge is 2.52. The van der Waals surface area contributed by atoms with E-state index < -0.39 is 8.07 Å². The lowest BCUT2D eigenvalue weighted by molar-refractivity contribution is 0.423. The van der Waals surface area contributed by atoms with Gasteiger partial charge in [0, 0.05) is 0 Å². The van der Waals surface area contributed by atoms with Crippen molar-refractivity contribution in [2.45, 2.75) is 157 Å². The third kappa shape index (κ3) is 4.22. The molecular formula is C25H48B2Si. The van der Waals surface area contributed by atoms with Gasteiger partial charge in [0.1, 0.15) is 13.4 Å². The molecule has 4 heterocycles. The molecular weight excluding hydrogens is 350 g/mol. The van der Waals surface area contributed by atoms with E-state index in [9.17, 15) is 0 Å². The van der Waals surface area contributed by atoms with E-state index in [2.05, 4.69) is 20.8 Å². The van der Waals surface area contributed by atoms with E-state index in [0.717, 1.165) is 42.4 Å². The topological polar surface area (TPSA) is 0 Å². The van der Waals surface area contributed by atoms with E-state index >= 15 is 0 Å². The van der Waals surface area contributed by atoms with Gasteiger partial charge < -0.3 is 0 Å². The lowest BCUT2D eigenvalue weighted by Gasteiger charge is -2.52. The van der Waals surface area contributed by atoms with Crippen molar-refractivity contribution < 1.29 is 0 Å². The van der Waals surface area contributed by atoms with Gasteiger partial charge in [-0.05, 0) is 0 Å². The summed E-state index contributed by atoms with van der Waals surface area (Å²) in [5.41, 5.74) is 1.13. The Morgan fingerprint density at radius 3 is 1.21 bits per heavy atom. The van der Waals surface area contributed by atoms with E-state index in [1.165, 1.54) is 0 Å². The van der Waals surface area contributed by atoms with Gasteiger partial charge in [-0.3, -0.25) is 0 Å². The van der Waals surface area contributed by atoms with Crippen LogP contribution in [0, 0.1) is 0 Å². The average Bonchev–Trinajstić information content (AvgIpc) is 2.71. The maximum Gasteiger partial charge on any atom is 0.142 e. The van der Waals surface area contributed by atoms with Gasteiger partial charge in [0.05, 0.1) is 8.07 Å². The van der Waals surface area contributed by atoms with Crippen LogP contribution < -0.4 is 0 Å². The van der Waals surface area contributed by atoms with E-state index in [1.54, 1.807) is 108 Å². The Hall–Kier alpha value is 0.347. The highest BCUT2D eigenvalue weighted by molar-refractivity contribution is 6.84. The zero-order valence-corrected chi connectivity index (χ0v) is 20.6. The molecule has 4 bridgehead atoms. The Labute approximate surface area is 179 Å². The first-order valence-corrected chi connectivity index (χ1v) is 16.5. The summed E-state index contributed by atoms with van der Waals surface area (Å²) in [4.78, 5) is 0. The highest BCUT2D eigenvalue weighted by atomic mass is 28.3. The predicted molar refractivity (Wildman–Crippen MR) is 132 cm³/mol. The summed E-state index contributed by atoms with van der Waals surface area (Å²) in [6, 6.07) is 6.30. The minimum Gasteiger partial charge on any atom is -0.0822 e. The fourth-order valence-electron chi connectivity index (χ4n) is 9.25. The molecule has 0 atom stereocenters. The Morgan fingerprint density at radius 2 is 0.929 bits per heavy atom. The van der Waals surface area contributed by atoms with Crippen molar-refractivity contribution in [3.63, 3.8) is 0 Å². The van der Waals surface area contributed by atoms with Crippen LogP contribution in [0.3, 0.4) is 0 Å². The van der Waals surface area contributed by atoms with Crippen molar-refractivity contribution in [3.05, 3.63) is 0 Å². The molecule has 4 saturated heterocycles. The molecule has 158 valence electrons. The van der Waals surface area contributed by atoms with Gasteiger partial charge in [-0.15, -0.1) is 0 Å². The second kappa shape index (κ2) is 9.65. The molecule has 0 aromatic rings. The van der Waals surface area contributed by atoms with Crippen LogP contribution in [0.15, 0.2) is 0 Å². The maximum atomic E-state index is 2.54.